The zero-order valence-corrected chi connectivity index (χ0v) is 22.9. The van der Waals surface area contributed by atoms with E-state index in [9.17, 15) is 14.4 Å². The lowest BCUT2D eigenvalue weighted by Gasteiger charge is -2.13. The van der Waals surface area contributed by atoms with Gasteiger partial charge in [-0.1, -0.05) is 19.8 Å². The zero-order chi connectivity index (χ0) is 26.4. The minimum absolute atomic E-state index is 0.247. The van der Waals surface area contributed by atoms with Gasteiger partial charge in [-0.2, -0.15) is 0 Å². The molecule has 0 fully saturated rings. The lowest BCUT2D eigenvalue weighted by atomic mass is 9.96. The van der Waals surface area contributed by atoms with E-state index in [4.69, 9.17) is 14.0 Å². The van der Waals surface area contributed by atoms with Gasteiger partial charge < -0.3 is 14.8 Å². The Bertz CT molecular complexity index is 1290. The molecule has 2 aromatic heterocycles. The zero-order valence-electron chi connectivity index (χ0n) is 21.3. The van der Waals surface area contributed by atoms with Gasteiger partial charge in [0, 0.05) is 17.0 Å². The van der Waals surface area contributed by atoms with Crippen molar-refractivity contribution in [3.8, 4) is 11.4 Å². The molecule has 11 heteroatoms. The summed E-state index contributed by atoms with van der Waals surface area (Å²) in [6, 6.07) is 7.10. The number of hydrogen-bond acceptors (Lipinski definition) is 8. The monoisotopic (exact) mass is 546 g/mol. The van der Waals surface area contributed by atoms with Crippen LogP contribution in [0.3, 0.4) is 0 Å². The topological polar surface area (TPSA) is 115 Å². The third-order valence-electron chi connectivity index (χ3n) is 6.24. The number of amides is 1. The quantitative estimate of drug-likeness (QED) is 0.228. The predicted octanol–water partition coefficient (Wildman–Crippen LogP) is 4.66. The van der Waals surface area contributed by atoms with E-state index < -0.39 is 16.8 Å². The van der Waals surface area contributed by atoms with Crippen LogP contribution in [0.5, 0.6) is 5.75 Å². The largest absolute Gasteiger partial charge is 0.497 e. The highest BCUT2D eigenvalue weighted by Crippen LogP contribution is 2.38. The van der Waals surface area contributed by atoms with Crippen molar-refractivity contribution in [2.45, 2.75) is 69.1 Å². The van der Waals surface area contributed by atoms with Gasteiger partial charge in [0.1, 0.15) is 10.8 Å². The lowest BCUT2D eigenvalue weighted by Crippen LogP contribution is -2.37. The first-order valence-electron chi connectivity index (χ1n) is 12.5. The van der Waals surface area contributed by atoms with Crippen LogP contribution >= 0.6 is 23.1 Å². The fourth-order valence-electron chi connectivity index (χ4n) is 4.34. The second-order valence-electron chi connectivity index (χ2n) is 8.67. The SMILES string of the molecule is CCOC(=O)c1c(NC(=O)C(CC)Sc2c(=O)o[nH][n+]2-c2ccc(OC)cc2)sc2c1CCCCCC2. The first-order valence-corrected chi connectivity index (χ1v) is 14.2. The lowest BCUT2D eigenvalue weighted by molar-refractivity contribution is -0.704. The summed E-state index contributed by atoms with van der Waals surface area (Å²) in [5.74, 6) is -0.00739. The number of benzene rings is 1. The van der Waals surface area contributed by atoms with E-state index in [1.165, 1.54) is 16.0 Å². The van der Waals surface area contributed by atoms with Crippen LogP contribution in [0.4, 0.5) is 5.00 Å². The van der Waals surface area contributed by atoms with Crippen LogP contribution in [0.1, 0.15) is 66.8 Å². The molecule has 37 heavy (non-hydrogen) atoms. The van der Waals surface area contributed by atoms with Crippen LogP contribution in [0.2, 0.25) is 0 Å². The van der Waals surface area contributed by atoms with Crippen LogP contribution in [0, 0.1) is 0 Å². The molecule has 3 aromatic rings. The van der Waals surface area contributed by atoms with Crippen molar-refractivity contribution < 1.29 is 28.3 Å². The number of fused-ring (bicyclic) bond motifs is 1. The first kappa shape index (κ1) is 27.0. The van der Waals surface area contributed by atoms with Crippen LogP contribution in [0.15, 0.2) is 38.6 Å². The number of esters is 1. The Morgan fingerprint density at radius 1 is 1.16 bits per heavy atom. The van der Waals surface area contributed by atoms with E-state index in [0.717, 1.165) is 60.7 Å². The highest BCUT2D eigenvalue weighted by Gasteiger charge is 2.32. The van der Waals surface area contributed by atoms with E-state index in [1.807, 2.05) is 6.92 Å². The molecule has 1 unspecified atom stereocenters. The Morgan fingerprint density at radius 2 is 1.89 bits per heavy atom. The van der Waals surface area contributed by atoms with E-state index >= 15 is 0 Å². The predicted molar refractivity (Wildman–Crippen MR) is 142 cm³/mol. The summed E-state index contributed by atoms with van der Waals surface area (Å²) in [4.78, 5) is 40.0. The molecule has 2 N–H and O–H groups in total. The molecular formula is C26H32N3O6S2+. The summed E-state index contributed by atoms with van der Waals surface area (Å²) in [5.41, 5.74) is 1.57. The van der Waals surface area contributed by atoms with Crippen LogP contribution in [0.25, 0.3) is 5.69 Å². The molecule has 0 bridgehead atoms. The minimum Gasteiger partial charge on any atom is -0.497 e. The number of rotatable bonds is 9. The standard InChI is InChI=1S/C26H31N3O6S2/c1-4-19(37-24-26(32)35-28-29(24)16-12-14-17(33-3)15-13-16)22(30)27-23-21(25(31)34-5-2)18-10-8-6-7-9-11-20(18)36-23/h12-15,19H,4-11H2,1-3H3,(H-,27,28,30,31,32)/p+1. The van der Waals surface area contributed by atoms with Gasteiger partial charge >= 0.3 is 16.6 Å². The number of ether oxygens (including phenoxy) is 2. The molecule has 0 aliphatic heterocycles. The van der Waals surface area contributed by atoms with E-state index in [2.05, 4.69) is 10.6 Å². The highest BCUT2D eigenvalue weighted by atomic mass is 32.2. The number of carbonyl (C=O) groups is 2. The molecule has 1 aromatic carbocycles. The number of hydrogen-bond donors (Lipinski definition) is 2. The first-order chi connectivity index (χ1) is 18.0. The Labute approximate surface area is 223 Å². The molecule has 0 saturated carbocycles. The highest BCUT2D eigenvalue weighted by molar-refractivity contribution is 8.00. The molecule has 1 amide bonds. The number of thioether (sulfide) groups is 1. The smallest absolute Gasteiger partial charge is 0.442 e. The summed E-state index contributed by atoms with van der Waals surface area (Å²) in [5, 5.41) is 5.78. The molecule has 4 rings (SSSR count). The van der Waals surface area contributed by atoms with Crippen LogP contribution in [-0.4, -0.2) is 36.1 Å². The van der Waals surface area contributed by atoms with Crippen molar-refractivity contribution in [3.05, 3.63) is 50.7 Å². The number of aromatic nitrogens is 2. The normalized spacial score (nSPS) is 14.2. The number of H-pyrrole nitrogens is 1. The molecule has 1 aliphatic carbocycles. The Morgan fingerprint density at radius 3 is 2.57 bits per heavy atom. The number of methoxy groups -OCH3 is 1. The van der Waals surface area contributed by atoms with Crippen molar-refractivity contribution in [3.63, 3.8) is 0 Å². The summed E-state index contributed by atoms with van der Waals surface area (Å²) in [6.07, 6.45) is 6.51. The third kappa shape index (κ3) is 6.10. The molecule has 198 valence electrons. The minimum atomic E-state index is -0.595. The van der Waals surface area contributed by atoms with Crippen molar-refractivity contribution in [1.82, 2.24) is 5.27 Å². The number of nitrogens with zero attached hydrogens (tertiary/aromatic N) is 1. The van der Waals surface area contributed by atoms with Gasteiger partial charge in [0.2, 0.25) is 11.6 Å². The summed E-state index contributed by atoms with van der Waals surface area (Å²) in [7, 11) is 1.58. The van der Waals surface area contributed by atoms with Crippen molar-refractivity contribution in [2.75, 3.05) is 19.0 Å². The molecule has 2 heterocycles. The van der Waals surface area contributed by atoms with E-state index in [0.29, 0.717) is 28.4 Å². The molecule has 1 atom stereocenters. The van der Waals surface area contributed by atoms with Gasteiger partial charge in [-0.3, -0.25) is 9.32 Å². The fourth-order valence-corrected chi connectivity index (χ4v) is 6.61. The number of aryl methyl sites for hydroxylation is 1. The molecule has 0 radical (unpaired) electrons. The van der Waals surface area contributed by atoms with Gasteiger partial charge in [0.25, 0.3) is 0 Å². The van der Waals surface area contributed by atoms with Gasteiger partial charge in [0.15, 0.2) is 0 Å². The molecule has 9 nitrogen and oxygen atoms in total. The number of carbonyl (C=O) groups excluding carboxylic acids is 2. The van der Waals surface area contributed by atoms with E-state index in [-0.39, 0.29) is 17.5 Å². The fraction of sp³-hybridized carbons (Fsp3) is 0.462. The van der Waals surface area contributed by atoms with Gasteiger partial charge in [-0.25, -0.2) is 9.59 Å². The Balaban J connectivity index is 1.60. The summed E-state index contributed by atoms with van der Waals surface area (Å²) in [6.45, 7) is 3.92. The van der Waals surface area contributed by atoms with Gasteiger partial charge in [0.05, 0.1) is 24.5 Å². The van der Waals surface area contributed by atoms with Crippen molar-refractivity contribution in [1.29, 1.82) is 0 Å². The van der Waals surface area contributed by atoms with Gasteiger partial charge in [-0.15, -0.1) is 11.3 Å². The molecule has 0 saturated heterocycles. The maximum absolute atomic E-state index is 13.4. The van der Waals surface area contributed by atoms with Gasteiger partial charge in [-0.05, 0) is 78.4 Å². The average molecular weight is 547 g/mol. The summed E-state index contributed by atoms with van der Waals surface area (Å²) < 4.78 is 17.1. The second kappa shape index (κ2) is 12.5. The van der Waals surface area contributed by atoms with Crippen LogP contribution in [-0.2, 0) is 22.4 Å². The molecular weight excluding hydrogens is 514 g/mol. The third-order valence-corrected chi connectivity index (χ3v) is 8.85. The van der Waals surface area contributed by atoms with E-state index in [1.54, 1.807) is 38.3 Å². The number of aromatic amines is 1. The molecule has 0 spiro atoms. The average Bonchev–Trinajstić information content (AvgIpc) is 3.41. The Kier molecular flexibility index (Phi) is 9.09. The number of nitrogens with one attached hydrogen (secondary N) is 2. The second-order valence-corrected chi connectivity index (χ2v) is 11.0. The number of thiophene rings is 1. The summed E-state index contributed by atoms with van der Waals surface area (Å²) >= 11 is 2.58. The maximum Gasteiger partial charge on any atom is 0.442 e. The number of anilines is 1. The maximum atomic E-state index is 13.4. The van der Waals surface area contributed by atoms with Crippen molar-refractivity contribution >= 4 is 40.0 Å². The Hall–Kier alpha value is -3.05. The molecule has 1 aliphatic rings. The van der Waals surface area contributed by atoms with Crippen LogP contribution < -0.4 is 20.4 Å². The van der Waals surface area contributed by atoms with Crippen molar-refractivity contribution in [2.24, 2.45) is 0 Å².